The average Bonchev–Trinajstić information content (AvgIpc) is 3.10. The van der Waals surface area contributed by atoms with Crippen molar-refractivity contribution in [3.05, 3.63) is 70.5 Å². The third-order valence-corrected chi connectivity index (χ3v) is 4.82. The molecule has 0 fully saturated rings. The second-order valence-corrected chi connectivity index (χ2v) is 7.61. The van der Waals surface area contributed by atoms with Crippen molar-refractivity contribution in [3.8, 4) is 0 Å². The third kappa shape index (κ3) is 4.51. The first-order valence-corrected chi connectivity index (χ1v) is 9.48. The number of pyridine rings is 1. The monoisotopic (exact) mass is 399 g/mol. The molecular weight excluding hydrogens is 378 g/mol. The van der Waals surface area contributed by atoms with E-state index in [1.807, 2.05) is 24.3 Å². The van der Waals surface area contributed by atoms with E-state index < -0.39 is 5.97 Å². The minimum atomic E-state index is -1.13. The van der Waals surface area contributed by atoms with Gasteiger partial charge in [0.2, 0.25) is 0 Å². The Bertz CT molecular complexity index is 996. The van der Waals surface area contributed by atoms with E-state index in [9.17, 15) is 9.59 Å². The number of benzene rings is 1. The van der Waals surface area contributed by atoms with Gasteiger partial charge in [-0.05, 0) is 48.2 Å². The van der Waals surface area contributed by atoms with Crippen molar-refractivity contribution in [3.63, 3.8) is 0 Å². The van der Waals surface area contributed by atoms with Crippen LogP contribution in [0, 0.1) is 5.92 Å². The second kappa shape index (κ2) is 8.44. The molecule has 0 saturated heterocycles. The number of hydrogen-bond acceptors (Lipinski definition) is 3. The third-order valence-electron chi connectivity index (χ3n) is 4.57. The van der Waals surface area contributed by atoms with Crippen LogP contribution >= 0.6 is 11.6 Å². The van der Waals surface area contributed by atoms with Crippen molar-refractivity contribution >= 4 is 29.0 Å². The van der Waals surface area contributed by atoms with Crippen molar-refractivity contribution in [2.75, 3.05) is 6.54 Å². The molecule has 0 aliphatic carbocycles. The van der Waals surface area contributed by atoms with Gasteiger partial charge in [0.25, 0.3) is 5.91 Å². The fourth-order valence-corrected chi connectivity index (χ4v) is 3.39. The van der Waals surface area contributed by atoms with Crippen LogP contribution in [0.2, 0.25) is 5.02 Å². The normalized spacial score (nSPS) is 12.3. The van der Waals surface area contributed by atoms with Crippen LogP contribution in [0.3, 0.4) is 0 Å². The summed E-state index contributed by atoms with van der Waals surface area (Å²) in [7, 11) is 0. The number of aromatic nitrogens is 2. The predicted octanol–water partition coefficient (Wildman–Crippen LogP) is 4.25. The molecule has 2 N–H and O–H groups in total. The lowest BCUT2D eigenvalue weighted by Gasteiger charge is -2.20. The van der Waals surface area contributed by atoms with E-state index in [-0.39, 0.29) is 17.5 Å². The molecule has 146 valence electrons. The summed E-state index contributed by atoms with van der Waals surface area (Å²) in [6, 6.07) is 12.4. The molecule has 2 aromatic heterocycles. The van der Waals surface area contributed by atoms with Gasteiger partial charge in [0.05, 0.1) is 11.1 Å². The molecule has 2 heterocycles. The molecule has 0 radical (unpaired) electrons. The smallest absolute Gasteiger partial charge is 0.356 e. The summed E-state index contributed by atoms with van der Waals surface area (Å²) in [5.74, 6) is -0.769. The summed E-state index contributed by atoms with van der Waals surface area (Å²) < 4.78 is 1.41. The SMILES string of the molecule is CC(C)CC(CNC(=O)c1cccn2nc(C(=O)O)cc12)c1ccc(Cl)cc1. The van der Waals surface area contributed by atoms with E-state index in [2.05, 4.69) is 24.3 Å². The molecular formula is C21H22ClN3O3. The van der Waals surface area contributed by atoms with E-state index in [1.165, 1.54) is 10.6 Å². The van der Waals surface area contributed by atoms with E-state index in [0.717, 1.165) is 12.0 Å². The highest BCUT2D eigenvalue weighted by Gasteiger charge is 2.18. The van der Waals surface area contributed by atoms with Gasteiger partial charge >= 0.3 is 5.97 Å². The highest BCUT2D eigenvalue weighted by molar-refractivity contribution is 6.30. The van der Waals surface area contributed by atoms with Crippen molar-refractivity contribution in [2.24, 2.45) is 5.92 Å². The quantitative estimate of drug-likeness (QED) is 0.622. The van der Waals surface area contributed by atoms with E-state index in [1.54, 1.807) is 18.3 Å². The molecule has 6 nitrogen and oxygen atoms in total. The van der Waals surface area contributed by atoms with Crippen LogP contribution < -0.4 is 5.32 Å². The Morgan fingerprint density at radius 1 is 1.21 bits per heavy atom. The number of carboxylic acids is 1. The zero-order valence-corrected chi connectivity index (χ0v) is 16.5. The zero-order chi connectivity index (χ0) is 20.3. The van der Waals surface area contributed by atoms with Gasteiger partial charge in [0.1, 0.15) is 0 Å². The lowest BCUT2D eigenvalue weighted by molar-refractivity contribution is 0.0689. The standard InChI is InChI=1S/C21H22ClN3O3/c1-13(2)10-15(14-5-7-16(22)8-6-14)12-23-20(26)17-4-3-9-25-19(17)11-18(24-25)21(27)28/h3-9,11,13,15H,10,12H2,1-2H3,(H,23,26)(H,27,28). The number of rotatable bonds is 7. The lowest BCUT2D eigenvalue weighted by atomic mass is 9.90. The van der Waals surface area contributed by atoms with Gasteiger partial charge in [-0.25, -0.2) is 9.31 Å². The second-order valence-electron chi connectivity index (χ2n) is 7.17. The molecule has 0 spiro atoms. The van der Waals surface area contributed by atoms with E-state index >= 15 is 0 Å². The van der Waals surface area contributed by atoms with Crippen LogP contribution in [0.15, 0.2) is 48.7 Å². The average molecular weight is 400 g/mol. The molecule has 0 aliphatic heterocycles. The summed E-state index contributed by atoms with van der Waals surface area (Å²) in [5, 5.41) is 16.8. The topological polar surface area (TPSA) is 83.7 Å². The molecule has 3 aromatic rings. The van der Waals surface area contributed by atoms with Crippen LogP contribution in [0.25, 0.3) is 5.52 Å². The number of carbonyl (C=O) groups is 2. The minimum absolute atomic E-state index is 0.0981. The highest BCUT2D eigenvalue weighted by Crippen LogP contribution is 2.25. The predicted molar refractivity (Wildman–Crippen MR) is 108 cm³/mol. The molecule has 1 atom stereocenters. The first-order chi connectivity index (χ1) is 13.3. The van der Waals surface area contributed by atoms with Gasteiger partial charge in [0.15, 0.2) is 5.69 Å². The van der Waals surface area contributed by atoms with Crippen LogP contribution in [0.4, 0.5) is 0 Å². The van der Waals surface area contributed by atoms with Crippen LogP contribution in [-0.2, 0) is 0 Å². The number of halogens is 1. The minimum Gasteiger partial charge on any atom is -0.476 e. The van der Waals surface area contributed by atoms with Gasteiger partial charge < -0.3 is 10.4 Å². The first-order valence-electron chi connectivity index (χ1n) is 9.10. The molecule has 28 heavy (non-hydrogen) atoms. The van der Waals surface area contributed by atoms with Gasteiger partial charge in [-0.15, -0.1) is 0 Å². The maximum Gasteiger partial charge on any atom is 0.356 e. The number of amides is 1. The number of hydrogen-bond donors (Lipinski definition) is 2. The number of nitrogens with zero attached hydrogens (tertiary/aromatic N) is 2. The van der Waals surface area contributed by atoms with Crippen molar-refractivity contribution in [1.82, 2.24) is 14.9 Å². The first kappa shape index (κ1) is 19.9. The van der Waals surface area contributed by atoms with Crippen molar-refractivity contribution in [1.29, 1.82) is 0 Å². The number of carboxylic acid groups (broad SMARTS) is 1. The molecule has 3 rings (SSSR count). The highest BCUT2D eigenvalue weighted by atomic mass is 35.5. The zero-order valence-electron chi connectivity index (χ0n) is 15.7. The van der Waals surface area contributed by atoms with Crippen molar-refractivity contribution < 1.29 is 14.7 Å². The Kier molecular flexibility index (Phi) is 5.99. The van der Waals surface area contributed by atoms with E-state index in [4.69, 9.17) is 16.7 Å². The Labute approximate surface area is 168 Å². The summed E-state index contributed by atoms with van der Waals surface area (Å²) >= 11 is 5.99. The van der Waals surface area contributed by atoms with Crippen LogP contribution in [0.1, 0.15) is 52.6 Å². The van der Waals surface area contributed by atoms with Crippen molar-refractivity contribution in [2.45, 2.75) is 26.2 Å². The summed E-state index contributed by atoms with van der Waals surface area (Å²) in [5.41, 5.74) is 1.87. The molecule has 1 unspecified atom stereocenters. The van der Waals surface area contributed by atoms with Gasteiger partial charge in [-0.2, -0.15) is 5.10 Å². The summed E-state index contributed by atoms with van der Waals surface area (Å²) in [6.45, 7) is 4.76. The molecule has 0 saturated carbocycles. The molecule has 0 aliphatic rings. The molecule has 1 aromatic carbocycles. The van der Waals surface area contributed by atoms with E-state index in [0.29, 0.717) is 28.6 Å². The molecule has 7 heteroatoms. The summed E-state index contributed by atoms with van der Waals surface area (Å²) in [4.78, 5) is 24.0. The Balaban J connectivity index is 1.80. The number of nitrogens with one attached hydrogen (secondary N) is 1. The van der Waals surface area contributed by atoms with Gasteiger partial charge in [-0.3, -0.25) is 4.79 Å². The fraction of sp³-hybridized carbons (Fsp3) is 0.286. The molecule has 1 amide bonds. The molecule has 0 bridgehead atoms. The lowest BCUT2D eigenvalue weighted by Crippen LogP contribution is -2.29. The number of aromatic carboxylic acids is 1. The Morgan fingerprint density at radius 3 is 2.57 bits per heavy atom. The largest absolute Gasteiger partial charge is 0.476 e. The van der Waals surface area contributed by atoms with Gasteiger partial charge in [0, 0.05) is 23.7 Å². The van der Waals surface area contributed by atoms with Crippen LogP contribution in [-0.4, -0.2) is 33.1 Å². The van der Waals surface area contributed by atoms with Gasteiger partial charge in [-0.1, -0.05) is 37.6 Å². The Hall–Kier alpha value is -2.86. The summed E-state index contributed by atoms with van der Waals surface area (Å²) in [6.07, 6.45) is 2.54. The van der Waals surface area contributed by atoms with Crippen LogP contribution in [0.5, 0.6) is 0 Å². The number of fused-ring (bicyclic) bond motifs is 1. The fourth-order valence-electron chi connectivity index (χ4n) is 3.26. The number of carbonyl (C=O) groups excluding carboxylic acids is 1. The maximum absolute atomic E-state index is 12.8. The maximum atomic E-state index is 12.8. The Morgan fingerprint density at radius 2 is 1.93 bits per heavy atom.